The molecule has 50 heavy (non-hydrogen) atoms. The number of nitrogens with one attached hydrogen (secondary N) is 2. The molecule has 0 aromatic heterocycles. The number of hydrogen-bond donors (Lipinski definition) is 2. The van der Waals surface area contributed by atoms with Gasteiger partial charge in [0.15, 0.2) is 0 Å². The van der Waals surface area contributed by atoms with Gasteiger partial charge in [-0.2, -0.15) is 0 Å². The van der Waals surface area contributed by atoms with Gasteiger partial charge in [0.2, 0.25) is 5.91 Å². The summed E-state index contributed by atoms with van der Waals surface area (Å²) in [7, 11) is 3.69. The summed E-state index contributed by atoms with van der Waals surface area (Å²) in [5.74, 6) is 0.419. The van der Waals surface area contributed by atoms with Crippen molar-refractivity contribution >= 4 is 11.9 Å². The molecule has 0 atom stereocenters. The molecule has 1 aliphatic heterocycles. The molecule has 0 unspecified atom stereocenters. The summed E-state index contributed by atoms with van der Waals surface area (Å²) in [5.41, 5.74) is 0.993. The normalized spacial score (nSPS) is 22.4. The predicted molar refractivity (Wildman–Crippen MR) is 189 cm³/mol. The Morgan fingerprint density at radius 3 is 1.76 bits per heavy atom. The Labute approximate surface area is 298 Å². The highest BCUT2D eigenvalue weighted by atomic mass is 16.6. The number of nitrogens with zero attached hydrogens (tertiary/aromatic N) is 2. The van der Waals surface area contributed by atoms with Crippen LogP contribution in [0, 0.1) is 5.92 Å². The first kappa shape index (κ1) is 40.4. The fraction of sp³-hybridized carbons (Fsp3) is 0.784. The van der Waals surface area contributed by atoms with Crippen LogP contribution in [-0.4, -0.2) is 154 Å². The third-order valence-corrected chi connectivity index (χ3v) is 10.3. The Balaban J connectivity index is 1.02. The minimum absolute atomic E-state index is 0.00903. The van der Waals surface area contributed by atoms with Crippen molar-refractivity contribution in [2.75, 3.05) is 126 Å². The average Bonchev–Trinajstić information content (AvgIpc) is 3.36. The smallest absolute Gasteiger partial charge is 0.321 e. The molecule has 2 N–H and O–H groups in total. The molecule has 1 aromatic rings. The SMILES string of the molecule is CN[C@]1(c2ccccc2)CC[C@]2(CC1)CN(CC(=O)NCCOCCOCCOCCOCCOCCOCCOC)C(=O)N2CC1CCC1. The van der Waals surface area contributed by atoms with Crippen LogP contribution in [0.4, 0.5) is 4.79 Å². The fourth-order valence-electron chi connectivity index (χ4n) is 7.06. The highest BCUT2D eigenvalue weighted by Gasteiger charge is 2.54. The second-order valence-corrected chi connectivity index (χ2v) is 13.5. The van der Waals surface area contributed by atoms with Gasteiger partial charge in [-0.3, -0.25) is 4.79 Å². The molecular weight excluding hydrogens is 644 g/mol. The molecule has 1 spiro atoms. The maximum absolute atomic E-state index is 13.7. The monoisotopic (exact) mass is 706 g/mol. The van der Waals surface area contributed by atoms with Gasteiger partial charge in [-0.05, 0) is 57.1 Å². The van der Waals surface area contributed by atoms with Crippen LogP contribution in [-0.2, 0) is 43.5 Å². The lowest BCUT2D eigenvalue weighted by Gasteiger charge is -2.49. The third kappa shape index (κ3) is 12.7. The van der Waals surface area contributed by atoms with E-state index in [4.69, 9.17) is 33.2 Å². The van der Waals surface area contributed by atoms with Crippen LogP contribution in [0.5, 0.6) is 0 Å². The van der Waals surface area contributed by atoms with E-state index in [2.05, 4.69) is 45.9 Å². The Kier molecular flexibility index (Phi) is 18.2. The second kappa shape index (κ2) is 22.5. The lowest BCUT2D eigenvalue weighted by Crippen LogP contribution is -2.56. The molecule has 2 aliphatic carbocycles. The van der Waals surface area contributed by atoms with Crippen molar-refractivity contribution in [3.8, 4) is 0 Å². The van der Waals surface area contributed by atoms with E-state index >= 15 is 0 Å². The molecule has 0 bridgehead atoms. The number of methoxy groups -OCH3 is 1. The number of amides is 3. The van der Waals surface area contributed by atoms with Crippen molar-refractivity contribution in [2.24, 2.45) is 5.92 Å². The molecule has 3 fully saturated rings. The average molecular weight is 707 g/mol. The second-order valence-electron chi connectivity index (χ2n) is 13.5. The van der Waals surface area contributed by atoms with Crippen molar-refractivity contribution < 1.29 is 42.7 Å². The first-order valence-electron chi connectivity index (χ1n) is 18.5. The summed E-state index contributed by atoms with van der Waals surface area (Å²) in [4.78, 5) is 30.5. The zero-order valence-electron chi connectivity index (χ0n) is 30.5. The van der Waals surface area contributed by atoms with Gasteiger partial charge < -0.3 is 53.6 Å². The molecule has 4 rings (SSSR count). The lowest BCUT2D eigenvalue weighted by atomic mass is 9.68. The van der Waals surface area contributed by atoms with Crippen LogP contribution in [0.1, 0.15) is 50.5 Å². The van der Waals surface area contributed by atoms with E-state index in [1.807, 2.05) is 7.05 Å². The van der Waals surface area contributed by atoms with Gasteiger partial charge in [-0.25, -0.2) is 4.79 Å². The largest absolute Gasteiger partial charge is 0.382 e. The molecule has 13 heteroatoms. The highest BCUT2D eigenvalue weighted by Crippen LogP contribution is 2.47. The van der Waals surface area contributed by atoms with E-state index in [0.717, 1.165) is 32.2 Å². The molecule has 1 heterocycles. The predicted octanol–water partition coefficient (Wildman–Crippen LogP) is 2.81. The Hall–Kier alpha value is -2.36. The number of benzene rings is 1. The molecule has 13 nitrogen and oxygen atoms in total. The quantitative estimate of drug-likeness (QED) is 0.132. The van der Waals surface area contributed by atoms with E-state index in [9.17, 15) is 9.59 Å². The molecule has 1 saturated heterocycles. The lowest BCUT2D eigenvalue weighted by molar-refractivity contribution is -0.121. The van der Waals surface area contributed by atoms with Crippen molar-refractivity contribution in [1.82, 2.24) is 20.4 Å². The number of hydrogen-bond acceptors (Lipinski definition) is 10. The van der Waals surface area contributed by atoms with Gasteiger partial charge in [0.25, 0.3) is 0 Å². The van der Waals surface area contributed by atoms with E-state index in [1.54, 1.807) is 12.0 Å². The van der Waals surface area contributed by atoms with Crippen LogP contribution in [0.3, 0.4) is 0 Å². The minimum Gasteiger partial charge on any atom is -0.382 e. The number of urea groups is 1. The van der Waals surface area contributed by atoms with Crippen LogP contribution in [0.2, 0.25) is 0 Å². The summed E-state index contributed by atoms with van der Waals surface area (Å²) in [6.07, 6.45) is 7.35. The van der Waals surface area contributed by atoms with Crippen molar-refractivity contribution in [2.45, 2.75) is 56.0 Å². The Morgan fingerprint density at radius 1 is 0.760 bits per heavy atom. The Bertz CT molecular complexity index is 1090. The van der Waals surface area contributed by atoms with E-state index in [-0.39, 0.29) is 29.6 Å². The van der Waals surface area contributed by atoms with Gasteiger partial charge in [-0.15, -0.1) is 0 Å². The molecule has 0 radical (unpaired) electrons. The van der Waals surface area contributed by atoms with Crippen molar-refractivity contribution in [1.29, 1.82) is 0 Å². The maximum atomic E-state index is 13.7. The first-order valence-corrected chi connectivity index (χ1v) is 18.5. The third-order valence-electron chi connectivity index (χ3n) is 10.3. The standard InChI is InChI=1S/C37H62N4O9/c1-38-37(33-9-4-3-5-10-33)13-11-36(12-14-37)31-40(35(43)41(36)29-32-7-6-8-32)30-34(42)39-15-16-45-19-20-47-23-24-49-27-28-50-26-25-48-22-21-46-18-17-44-2/h3-5,9-10,32,38H,6-8,11-31H2,1-2H3,(H,39,42)/t36-,37+. The van der Waals surface area contributed by atoms with E-state index in [1.165, 1.54) is 24.8 Å². The number of carbonyl (C=O) groups is 2. The zero-order valence-corrected chi connectivity index (χ0v) is 30.5. The Morgan fingerprint density at radius 2 is 1.28 bits per heavy atom. The van der Waals surface area contributed by atoms with Crippen molar-refractivity contribution in [3.63, 3.8) is 0 Å². The van der Waals surface area contributed by atoms with Crippen LogP contribution in [0.25, 0.3) is 0 Å². The maximum Gasteiger partial charge on any atom is 0.321 e. The molecular formula is C37H62N4O9. The summed E-state index contributed by atoms with van der Waals surface area (Å²) in [6.45, 7) is 8.33. The molecule has 3 aliphatic rings. The first-order chi connectivity index (χ1) is 24.5. The fourth-order valence-corrected chi connectivity index (χ4v) is 7.06. The van der Waals surface area contributed by atoms with Gasteiger partial charge in [0.1, 0.15) is 6.54 Å². The number of carbonyl (C=O) groups excluding carboxylic acids is 2. The van der Waals surface area contributed by atoms with Crippen LogP contribution in [0.15, 0.2) is 30.3 Å². The molecule has 2 saturated carbocycles. The van der Waals surface area contributed by atoms with Gasteiger partial charge >= 0.3 is 6.03 Å². The van der Waals surface area contributed by atoms with Gasteiger partial charge in [-0.1, -0.05) is 36.8 Å². The number of ether oxygens (including phenoxy) is 7. The summed E-state index contributed by atoms with van der Waals surface area (Å²) in [5, 5.41) is 6.55. The molecule has 3 amide bonds. The summed E-state index contributed by atoms with van der Waals surface area (Å²) < 4.78 is 37.8. The summed E-state index contributed by atoms with van der Waals surface area (Å²) in [6, 6.07) is 10.7. The molecule has 1 aromatic carbocycles. The van der Waals surface area contributed by atoms with E-state index in [0.29, 0.717) is 105 Å². The summed E-state index contributed by atoms with van der Waals surface area (Å²) >= 11 is 0. The van der Waals surface area contributed by atoms with Crippen LogP contribution < -0.4 is 10.6 Å². The highest BCUT2D eigenvalue weighted by molar-refractivity contribution is 5.86. The van der Waals surface area contributed by atoms with Gasteiger partial charge in [0.05, 0.1) is 91.4 Å². The van der Waals surface area contributed by atoms with Gasteiger partial charge in [0, 0.05) is 32.3 Å². The molecule has 284 valence electrons. The van der Waals surface area contributed by atoms with Crippen molar-refractivity contribution in [3.05, 3.63) is 35.9 Å². The minimum atomic E-state index is -0.222. The number of rotatable bonds is 27. The van der Waals surface area contributed by atoms with E-state index < -0.39 is 0 Å². The topological polar surface area (TPSA) is 129 Å². The van der Waals surface area contributed by atoms with Crippen LogP contribution >= 0.6 is 0 Å². The zero-order chi connectivity index (χ0) is 35.3.